The van der Waals surface area contributed by atoms with Crippen molar-refractivity contribution in [3.63, 3.8) is 0 Å². The standard InChI is InChI=1S/C5H8O4/c6-3-9-4-1-2-8-5(4)7/h4,6H,1-3H2. The maximum absolute atomic E-state index is 10.5. The smallest absolute Gasteiger partial charge is 0.335 e. The van der Waals surface area contributed by atoms with Gasteiger partial charge in [-0.3, -0.25) is 0 Å². The lowest BCUT2D eigenvalue weighted by Crippen LogP contribution is -2.18. The molecule has 1 aliphatic heterocycles. The molecule has 0 bridgehead atoms. The first kappa shape index (κ1) is 6.51. The Balaban J connectivity index is 2.31. The first-order chi connectivity index (χ1) is 4.34. The number of hydrogen-bond acceptors (Lipinski definition) is 4. The molecule has 4 heteroatoms. The van der Waals surface area contributed by atoms with E-state index in [1.54, 1.807) is 0 Å². The molecule has 0 saturated carbocycles. The zero-order valence-corrected chi connectivity index (χ0v) is 4.87. The molecule has 0 spiro atoms. The van der Waals surface area contributed by atoms with E-state index in [9.17, 15) is 4.79 Å². The van der Waals surface area contributed by atoms with Gasteiger partial charge in [0.05, 0.1) is 6.61 Å². The van der Waals surface area contributed by atoms with Crippen molar-refractivity contribution in [2.24, 2.45) is 0 Å². The molecule has 9 heavy (non-hydrogen) atoms. The number of rotatable bonds is 2. The van der Waals surface area contributed by atoms with E-state index in [2.05, 4.69) is 9.47 Å². The molecule has 0 aromatic carbocycles. The van der Waals surface area contributed by atoms with E-state index >= 15 is 0 Å². The maximum atomic E-state index is 10.5. The Kier molecular flexibility index (Phi) is 2.02. The molecule has 1 atom stereocenters. The lowest BCUT2D eigenvalue weighted by Gasteiger charge is -2.01. The normalized spacial score (nSPS) is 26.3. The predicted octanol–water partition coefficient (Wildman–Crippen LogP) is -0.732. The van der Waals surface area contributed by atoms with Crippen molar-refractivity contribution in [3.8, 4) is 0 Å². The van der Waals surface area contributed by atoms with Gasteiger partial charge in [0, 0.05) is 6.42 Å². The molecule has 0 amide bonds. The third-order valence-electron chi connectivity index (χ3n) is 1.16. The fourth-order valence-corrected chi connectivity index (χ4v) is 0.719. The summed E-state index contributed by atoms with van der Waals surface area (Å²) in [6, 6.07) is 0. The fraction of sp³-hybridized carbons (Fsp3) is 0.800. The van der Waals surface area contributed by atoms with Crippen molar-refractivity contribution in [2.75, 3.05) is 13.4 Å². The Morgan fingerprint density at radius 1 is 1.89 bits per heavy atom. The minimum absolute atomic E-state index is 0.371. The van der Waals surface area contributed by atoms with Gasteiger partial charge in [0.2, 0.25) is 0 Å². The van der Waals surface area contributed by atoms with Gasteiger partial charge in [-0.1, -0.05) is 0 Å². The summed E-state index contributed by atoms with van der Waals surface area (Å²) in [5, 5.41) is 8.21. The summed E-state index contributed by atoms with van der Waals surface area (Å²) in [5.74, 6) is -0.371. The zero-order valence-electron chi connectivity index (χ0n) is 4.87. The Labute approximate surface area is 52.4 Å². The van der Waals surface area contributed by atoms with Gasteiger partial charge in [-0.15, -0.1) is 0 Å². The van der Waals surface area contributed by atoms with Crippen molar-refractivity contribution in [1.29, 1.82) is 0 Å². The summed E-state index contributed by atoms with van der Waals surface area (Å²) >= 11 is 0. The molecule has 1 unspecified atom stereocenters. The molecule has 1 saturated heterocycles. The SMILES string of the molecule is O=C1OCCC1OCO. The molecule has 1 fully saturated rings. The molecule has 1 heterocycles. The summed E-state index contributed by atoms with van der Waals surface area (Å²) < 4.78 is 9.14. The molecule has 0 aromatic rings. The van der Waals surface area contributed by atoms with E-state index in [0.29, 0.717) is 13.0 Å². The van der Waals surface area contributed by atoms with E-state index in [4.69, 9.17) is 5.11 Å². The molecule has 52 valence electrons. The van der Waals surface area contributed by atoms with Crippen LogP contribution in [0.5, 0.6) is 0 Å². The van der Waals surface area contributed by atoms with Crippen LogP contribution >= 0.6 is 0 Å². The predicted molar refractivity (Wildman–Crippen MR) is 27.5 cm³/mol. The van der Waals surface area contributed by atoms with Crippen LogP contribution in [-0.4, -0.2) is 30.6 Å². The number of carbonyl (C=O) groups is 1. The monoisotopic (exact) mass is 132 g/mol. The second-order valence-corrected chi connectivity index (χ2v) is 1.74. The summed E-state index contributed by atoms with van der Waals surface area (Å²) in [6.07, 6.45) is 0.0225. The summed E-state index contributed by atoms with van der Waals surface area (Å²) in [6.45, 7) is -0.0106. The van der Waals surface area contributed by atoms with Gasteiger partial charge in [0.15, 0.2) is 6.10 Å². The Morgan fingerprint density at radius 3 is 3.11 bits per heavy atom. The maximum Gasteiger partial charge on any atom is 0.335 e. The van der Waals surface area contributed by atoms with Gasteiger partial charge >= 0.3 is 5.97 Å². The van der Waals surface area contributed by atoms with Crippen molar-refractivity contribution < 1.29 is 19.4 Å². The van der Waals surface area contributed by atoms with Crippen molar-refractivity contribution >= 4 is 5.97 Å². The second-order valence-electron chi connectivity index (χ2n) is 1.74. The van der Waals surface area contributed by atoms with Gasteiger partial charge in [0.25, 0.3) is 0 Å². The van der Waals surface area contributed by atoms with Crippen LogP contribution in [0.4, 0.5) is 0 Å². The van der Waals surface area contributed by atoms with Gasteiger partial charge < -0.3 is 14.6 Å². The van der Waals surface area contributed by atoms with E-state index < -0.39 is 12.9 Å². The molecular formula is C5H8O4. The molecule has 0 aliphatic carbocycles. The highest BCUT2D eigenvalue weighted by Crippen LogP contribution is 2.08. The molecule has 0 radical (unpaired) electrons. The average Bonchev–Trinajstić information content (AvgIpc) is 2.18. The number of esters is 1. The van der Waals surface area contributed by atoms with Gasteiger partial charge in [-0.05, 0) is 0 Å². The van der Waals surface area contributed by atoms with Gasteiger partial charge in [0.1, 0.15) is 6.79 Å². The van der Waals surface area contributed by atoms with Gasteiger partial charge in [-0.25, -0.2) is 4.79 Å². The van der Waals surface area contributed by atoms with E-state index in [-0.39, 0.29) is 5.97 Å². The minimum atomic E-state index is -0.532. The first-order valence-corrected chi connectivity index (χ1v) is 2.73. The topological polar surface area (TPSA) is 55.8 Å². The van der Waals surface area contributed by atoms with Crippen molar-refractivity contribution in [2.45, 2.75) is 12.5 Å². The highest BCUT2D eigenvalue weighted by atomic mass is 16.6. The first-order valence-electron chi connectivity index (χ1n) is 2.73. The molecule has 1 rings (SSSR count). The van der Waals surface area contributed by atoms with Crippen LogP contribution in [0.15, 0.2) is 0 Å². The van der Waals surface area contributed by atoms with Crippen LogP contribution in [0.2, 0.25) is 0 Å². The lowest BCUT2D eigenvalue weighted by molar-refractivity contribution is -0.151. The number of ether oxygens (including phenoxy) is 2. The summed E-state index contributed by atoms with van der Waals surface area (Å²) in [4.78, 5) is 10.5. The Hall–Kier alpha value is -0.610. The molecular weight excluding hydrogens is 124 g/mol. The van der Waals surface area contributed by atoms with Gasteiger partial charge in [-0.2, -0.15) is 0 Å². The highest BCUT2D eigenvalue weighted by Gasteiger charge is 2.26. The third kappa shape index (κ3) is 1.40. The summed E-state index contributed by atoms with van der Waals surface area (Å²) in [5.41, 5.74) is 0. The largest absolute Gasteiger partial charge is 0.464 e. The Bertz CT molecular complexity index is 112. The summed E-state index contributed by atoms with van der Waals surface area (Å²) in [7, 11) is 0. The zero-order chi connectivity index (χ0) is 6.69. The van der Waals surface area contributed by atoms with Crippen LogP contribution in [0.3, 0.4) is 0 Å². The minimum Gasteiger partial charge on any atom is -0.464 e. The number of carbonyl (C=O) groups excluding carboxylic acids is 1. The quantitative estimate of drug-likeness (QED) is 0.397. The second kappa shape index (κ2) is 2.80. The van der Waals surface area contributed by atoms with Crippen molar-refractivity contribution in [3.05, 3.63) is 0 Å². The highest BCUT2D eigenvalue weighted by molar-refractivity contribution is 5.76. The van der Waals surface area contributed by atoms with Crippen LogP contribution in [-0.2, 0) is 14.3 Å². The molecule has 4 nitrogen and oxygen atoms in total. The molecule has 1 N–H and O–H groups in total. The third-order valence-corrected chi connectivity index (χ3v) is 1.16. The number of hydrogen-bond donors (Lipinski definition) is 1. The van der Waals surface area contributed by atoms with E-state index in [0.717, 1.165) is 0 Å². The molecule has 0 aromatic heterocycles. The lowest BCUT2D eigenvalue weighted by atomic mass is 10.3. The van der Waals surface area contributed by atoms with Crippen LogP contribution in [0, 0.1) is 0 Å². The fourth-order valence-electron chi connectivity index (χ4n) is 0.719. The van der Waals surface area contributed by atoms with E-state index in [1.807, 2.05) is 0 Å². The van der Waals surface area contributed by atoms with Crippen molar-refractivity contribution in [1.82, 2.24) is 0 Å². The number of cyclic esters (lactones) is 1. The average molecular weight is 132 g/mol. The number of aliphatic hydroxyl groups excluding tert-OH is 1. The molecule has 1 aliphatic rings. The van der Waals surface area contributed by atoms with Crippen LogP contribution in [0.25, 0.3) is 0 Å². The van der Waals surface area contributed by atoms with Crippen LogP contribution < -0.4 is 0 Å². The van der Waals surface area contributed by atoms with E-state index in [1.165, 1.54) is 0 Å². The Morgan fingerprint density at radius 2 is 2.67 bits per heavy atom. The number of aliphatic hydroxyl groups is 1. The van der Waals surface area contributed by atoms with Crippen LogP contribution in [0.1, 0.15) is 6.42 Å².